The first-order valence-electron chi connectivity index (χ1n) is 7.12. The summed E-state index contributed by atoms with van der Waals surface area (Å²) in [4.78, 5) is 22.5. The quantitative estimate of drug-likeness (QED) is 0.249. The highest BCUT2D eigenvalue weighted by molar-refractivity contribution is 5.87. The van der Waals surface area contributed by atoms with Crippen molar-refractivity contribution in [1.29, 1.82) is 0 Å². The summed E-state index contributed by atoms with van der Waals surface area (Å²) in [5.74, 6) is -2.28. The Balaban J connectivity index is 4.36. The van der Waals surface area contributed by atoms with Crippen molar-refractivity contribution in [2.75, 3.05) is 20.2 Å². The fourth-order valence-electron chi connectivity index (χ4n) is 1.38. The van der Waals surface area contributed by atoms with Crippen molar-refractivity contribution in [3.63, 3.8) is 0 Å². The maximum Gasteiger partial charge on any atom is 0.335 e. The normalized spacial score (nSPS) is 13.3. The molecule has 0 heterocycles. The molecule has 0 aliphatic carbocycles. The van der Waals surface area contributed by atoms with E-state index in [2.05, 4.69) is 13.2 Å². The van der Waals surface area contributed by atoms with Crippen molar-refractivity contribution >= 4 is 11.9 Å². The molecule has 0 fully saturated rings. The first kappa shape index (κ1) is 21.3. The minimum Gasteiger partial charge on any atom is -0.435 e. The predicted molar refractivity (Wildman–Crippen MR) is 83.2 cm³/mol. The third-order valence-corrected chi connectivity index (χ3v) is 2.37. The van der Waals surface area contributed by atoms with Crippen LogP contribution in [-0.2, 0) is 33.3 Å². The Morgan fingerprint density at radius 3 is 1.91 bits per heavy atom. The molecule has 0 aromatic rings. The average Bonchev–Trinajstić information content (AvgIpc) is 2.42. The zero-order valence-electron chi connectivity index (χ0n) is 14.5. The summed E-state index contributed by atoms with van der Waals surface area (Å²) in [5.41, 5.74) is 0.542. The predicted octanol–water partition coefficient (Wildman–Crippen LogP) is 2.31. The topological polar surface area (TPSA) is 80.3 Å². The maximum absolute atomic E-state index is 11.3. The number of carbonyl (C=O) groups excluding carboxylic acids is 2. The zero-order valence-corrected chi connectivity index (χ0v) is 14.5. The Hall–Kier alpha value is -1.70. The second-order valence-electron chi connectivity index (χ2n) is 5.45. The zero-order chi connectivity index (χ0) is 18.0. The lowest BCUT2D eigenvalue weighted by atomic mass is 10.3. The van der Waals surface area contributed by atoms with E-state index in [9.17, 15) is 9.59 Å². The smallest absolute Gasteiger partial charge is 0.335 e. The van der Waals surface area contributed by atoms with Gasteiger partial charge in [0, 0.05) is 11.1 Å². The summed E-state index contributed by atoms with van der Waals surface area (Å²) in [6.45, 7) is 14.7. The molecule has 0 aromatic carbocycles. The molecule has 0 N–H and O–H groups in total. The van der Waals surface area contributed by atoms with Gasteiger partial charge in [-0.1, -0.05) is 13.2 Å². The Bertz CT molecular complexity index is 442. The van der Waals surface area contributed by atoms with Crippen LogP contribution in [0.3, 0.4) is 0 Å². The lowest BCUT2D eigenvalue weighted by Gasteiger charge is -2.31. The fraction of sp³-hybridized carbons (Fsp3) is 0.625. The van der Waals surface area contributed by atoms with Gasteiger partial charge in [-0.25, -0.2) is 9.59 Å². The van der Waals surface area contributed by atoms with E-state index >= 15 is 0 Å². The molecule has 0 aliphatic rings. The third kappa shape index (κ3) is 9.83. The van der Waals surface area contributed by atoms with Crippen molar-refractivity contribution in [1.82, 2.24) is 0 Å². The molecule has 23 heavy (non-hydrogen) atoms. The van der Waals surface area contributed by atoms with Crippen LogP contribution in [0.4, 0.5) is 0 Å². The Morgan fingerprint density at radius 2 is 1.48 bits per heavy atom. The molecule has 0 saturated heterocycles. The van der Waals surface area contributed by atoms with Gasteiger partial charge in [0.05, 0.1) is 6.10 Å². The van der Waals surface area contributed by atoms with Crippen molar-refractivity contribution in [2.45, 2.75) is 46.5 Å². The fourth-order valence-corrected chi connectivity index (χ4v) is 1.38. The van der Waals surface area contributed by atoms with Crippen LogP contribution in [0, 0.1) is 0 Å². The van der Waals surface area contributed by atoms with Crippen LogP contribution in [-0.4, -0.2) is 44.0 Å². The molecule has 0 aliphatic heterocycles. The molecule has 1 unspecified atom stereocenters. The van der Waals surface area contributed by atoms with Crippen molar-refractivity contribution < 1.29 is 33.3 Å². The van der Waals surface area contributed by atoms with Gasteiger partial charge in [-0.15, -0.1) is 0 Å². The van der Waals surface area contributed by atoms with Crippen LogP contribution in [0.15, 0.2) is 24.3 Å². The van der Waals surface area contributed by atoms with Crippen LogP contribution in [0.2, 0.25) is 0 Å². The molecule has 132 valence electrons. The van der Waals surface area contributed by atoms with Crippen molar-refractivity contribution in [3.8, 4) is 0 Å². The summed E-state index contributed by atoms with van der Waals surface area (Å²) in [6, 6.07) is 0. The first-order chi connectivity index (χ1) is 10.6. The van der Waals surface area contributed by atoms with E-state index in [1.54, 1.807) is 6.92 Å². The Labute approximate surface area is 137 Å². The minimum atomic E-state index is -1.17. The van der Waals surface area contributed by atoms with Crippen LogP contribution < -0.4 is 0 Å². The second-order valence-corrected chi connectivity index (χ2v) is 5.45. The molecule has 0 spiro atoms. The Morgan fingerprint density at radius 1 is 1.00 bits per heavy atom. The molecule has 0 radical (unpaired) electrons. The molecule has 0 bridgehead atoms. The molecular weight excluding hydrogens is 304 g/mol. The summed E-state index contributed by atoms with van der Waals surface area (Å²) < 4.78 is 25.9. The van der Waals surface area contributed by atoms with E-state index in [0.29, 0.717) is 0 Å². The number of hydrogen-bond acceptors (Lipinski definition) is 7. The number of hydrogen-bond donors (Lipinski definition) is 0. The SMILES string of the molecule is C=C(C)C(=O)OCOCC(C)(OCOC(=O)C(=C)C)OC(C)C. The van der Waals surface area contributed by atoms with Gasteiger partial charge in [0.25, 0.3) is 0 Å². The van der Waals surface area contributed by atoms with Gasteiger partial charge in [0.15, 0.2) is 19.4 Å². The summed E-state index contributed by atoms with van der Waals surface area (Å²) in [5, 5.41) is 0. The second kappa shape index (κ2) is 10.1. The van der Waals surface area contributed by atoms with Gasteiger partial charge in [-0.3, -0.25) is 0 Å². The van der Waals surface area contributed by atoms with E-state index in [1.165, 1.54) is 13.8 Å². The summed E-state index contributed by atoms with van der Waals surface area (Å²) in [6.07, 6.45) is -0.154. The van der Waals surface area contributed by atoms with Crippen molar-refractivity contribution in [2.24, 2.45) is 0 Å². The molecular formula is C16H26O7. The molecule has 7 nitrogen and oxygen atoms in total. The molecule has 0 aromatic heterocycles. The number of ether oxygens (including phenoxy) is 5. The van der Waals surface area contributed by atoms with Gasteiger partial charge in [-0.2, -0.15) is 0 Å². The van der Waals surface area contributed by atoms with Crippen LogP contribution in [0.1, 0.15) is 34.6 Å². The molecule has 0 amide bonds. The van der Waals surface area contributed by atoms with E-state index < -0.39 is 17.7 Å². The van der Waals surface area contributed by atoms with Gasteiger partial charge in [0.2, 0.25) is 0 Å². The van der Waals surface area contributed by atoms with Gasteiger partial charge < -0.3 is 23.7 Å². The van der Waals surface area contributed by atoms with E-state index in [-0.39, 0.29) is 37.4 Å². The minimum absolute atomic E-state index is 0.0285. The third-order valence-electron chi connectivity index (χ3n) is 2.37. The molecule has 0 saturated carbocycles. The van der Waals surface area contributed by atoms with Gasteiger partial charge in [-0.05, 0) is 34.6 Å². The molecule has 0 rings (SSSR count). The van der Waals surface area contributed by atoms with Crippen LogP contribution >= 0.6 is 0 Å². The number of esters is 2. The summed E-state index contributed by atoms with van der Waals surface area (Å²) >= 11 is 0. The Kier molecular flexibility index (Phi) is 9.40. The number of carbonyl (C=O) groups is 2. The van der Waals surface area contributed by atoms with Crippen molar-refractivity contribution in [3.05, 3.63) is 24.3 Å². The van der Waals surface area contributed by atoms with E-state index in [1.807, 2.05) is 13.8 Å². The van der Waals surface area contributed by atoms with Crippen LogP contribution in [0.5, 0.6) is 0 Å². The van der Waals surface area contributed by atoms with E-state index in [0.717, 1.165) is 0 Å². The van der Waals surface area contributed by atoms with E-state index in [4.69, 9.17) is 23.7 Å². The van der Waals surface area contributed by atoms with Crippen LogP contribution in [0.25, 0.3) is 0 Å². The summed E-state index contributed by atoms with van der Waals surface area (Å²) in [7, 11) is 0. The standard InChI is InChI=1S/C16H26O7/c1-11(2)14(17)20-9-19-8-16(7,23-13(5)6)22-10-21-15(18)12(3)4/h13H,1,3,8-10H2,2,4-7H3. The molecule has 1 atom stereocenters. The lowest BCUT2D eigenvalue weighted by molar-refractivity contribution is -0.294. The highest BCUT2D eigenvalue weighted by Crippen LogP contribution is 2.16. The number of rotatable bonds is 11. The first-order valence-corrected chi connectivity index (χ1v) is 7.12. The van der Waals surface area contributed by atoms with Gasteiger partial charge >= 0.3 is 11.9 Å². The monoisotopic (exact) mass is 330 g/mol. The lowest BCUT2D eigenvalue weighted by Crippen LogP contribution is -2.41. The maximum atomic E-state index is 11.3. The highest BCUT2D eigenvalue weighted by Gasteiger charge is 2.29. The van der Waals surface area contributed by atoms with Gasteiger partial charge in [0.1, 0.15) is 6.61 Å². The average molecular weight is 330 g/mol. The largest absolute Gasteiger partial charge is 0.435 e. The highest BCUT2D eigenvalue weighted by atomic mass is 16.8. The molecule has 7 heteroatoms.